The van der Waals surface area contributed by atoms with Crippen molar-refractivity contribution in [1.82, 2.24) is 0 Å². The first kappa shape index (κ1) is 11.2. The molecule has 14 heavy (non-hydrogen) atoms. The standard InChI is InChI=1S/C11H17NO2/c1-7-3-4-9(5-8(7)2)11(14)10(13)6-12/h3-5,10-11,13-14H,6,12H2,1-2H3. The zero-order valence-electron chi connectivity index (χ0n) is 8.57. The van der Waals surface area contributed by atoms with Gasteiger partial charge in [0.05, 0.1) is 6.10 Å². The first-order valence-electron chi connectivity index (χ1n) is 4.69. The predicted molar refractivity (Wildman–Crippen MR) is 55.9 cm³/mol. The predicted octanol–water partition coefficient (Wildman–Crippen LogP) is 0.656. The summed E-state index contributed by atoms with van der Waals surface area (Å²) in [4.78, 5) is 0. The fourth-order valence-corrected chi connectivity index (χ4v) is 1.30. The van der Waals surface area contributed by atoms with Crippen molar-refractivity contribution in [2.45, 2.75) is 26.1 Å². The number of benzene rings is 1. The highest BCUT2D eigenvalue weighted by molar-refractivity contribution is 5.31. The van der Waals surface area contributed by atoms with Crippen molar-refractivity contribution in [2.75, 3.05) is 6.54 Å². The topological polar surface area (TPSA) is 66.5 Å². The summed E-state index contributed by atoms with van der Waals surface area (Å²) < 4.78 is 0. The Morgan fingerprint density at radius 1 is 1.21 bits per heavy atom. The number of rotatable bonds is 3. The number of aryl methyl sites for hydroxylation is 2. The van der Waals surface area contributed by atoms with E-state index >= 15 is 0 Å². The molecule has 1 aromatic rings. The summed E-state index contributed by atoms with van der Waals surface area (Å²) in [6, 6.07) is 5.61. The highest BCUT2D eigenvalue weighted by atomic mass is 16.3. The molecule has 4 N–H and O–H groups in total. The summed E-state index contributed by atoms with van der Waals surface area (Å²) in [7, 11) is 0. The van der Waals surface area contributed by atoms with Gasteiger partial charge in [-0.1, -0.05) is 18.2 Å². The monoisotopic (exact) mass is 195 g/mol. The molecule has 78 valence electrons. The zero-order chi connectivity index (χ0) is 10.7. The Morgan fingerprint density at radius 3 is 2.36 bits per heavy atom. The fraction of sp³-hybridized carbons (Fsp3) is 0.455. The molecule has 0 aliphatic carbocycles. The lowest BCUT2D eigenvalue weighted by atomic mass is 10.00. The minimum Gasteiger partial charge on any atom is -0.389 e. The van der Waals surface area contributed by atoms with E-state index in [-0.39, 0.29) is 6.54 Å². The van der Waals surface area contributed by atoms with E-state index in [0.717, 1.165) is 5.56 Å². The van der Waals surface area contributed by atoms with E-state index in [2.05, 4.69) is 0 Å². The molecule has 0 bridgehead atoms. The van der Waals surface area contributed by atoms with Crippen LogP contribution in [0, 0.1) is 13.8 Å². The summed E-state index contributed by atoms with van der Waals surface area (Å²) in [5.74, 6) is 0. The molecule has 0 aliphatic heterocycles. The molecule has 0 fully saturated rings. The molecule has 2 atom stereocenters. The van der Waals surface area contributed by atoms with Crippen LogP contribution < -0.4 is 5.73 Å². The van der Waals surface area contributed by atoms with Crippen molar-refractivity contribution in [2.24, 2.45) is 5.73 Å². The second-order valence-electron chi connectivity index (χ2n) is 3.59. The van der Waals surface area contributed by atoms with Crippen LogP contribution in [0.5, 0.6) is 0 Å². The summed E-state index contributed by atoms with van der Waals surface area (Å²) in [6.07, 6.45) is -1.78. The molecule has 0 aliphatic rings. The quantitative estimate of drug-likeness (QED) is 0.663. The average molecular weight is 195 g/mol. The van der Waals surface area contributed by atoms with E-state index in [9.17, 15) is 10.2 Å². The minimum absolute atomic E-state index is 0.0636. The van der Waals surface area contributed by atoms with Gasteiger partial charge in [-0.15, -0.1) is 0 Å². The Morgan fingerprint density at radius 2 is 1.86 bits per heavy atom. The molecular formula is C11H17NO2. The van der Waals surface area contributed by atoms with Crippen molar-refractivity contribution < 1.29 is 10.2 Å². The van der Waals surface area contributed by atoms with Gasteiger partial charge in [0.15, 0.2) is 0 Å². The summed E-state index contributed by atoms with van der Waals surface area (Å²) in [5.41, 5.74) is 8.25. The van der Waals surface area contributed by atoms with Crippen LogP contribution in [0.3, 0.4) is 0 Å². The largest absolute Gasteiger partial charge is 0.389 e. The van der Waals surface area contributed by atoms with Crippen LogP contribution in [0.25, 0.3) is 0 Å². The van der Waals surface area contributed by atoms with Crippen LogP contribution in [0.1, 0.15) is 22.8 Å². The summed E-state index contributed by atoms with van der Waals surface area (Å²) in [6.45, 7) is 4.04. The third-order valence-electron chi connectivity index (χ3n) is 2.48. The Kier molecular flexibility index (Phi) is 3.63. The van der Waals surface area contributed by atoms with Gasteiger partial charge >= 0.3 is 0 Å². The molecule has 0 amide bonds. The molecule has 1 rings (SSSR count). The van der Waals surface area contributed by atoms with E-state index in [1.807, 2.05) is 32.0 Å². The van der Waals surface area contributed by atoms with Gasteiger partial charge in [0.2, 0.25) is 0 Å². The Hall–Kier alpha value is -0.900. The van der Waals surface area contributed by atoms with Crippen LogP contribution in [0.15, 0.2) is 18.2 Å². The maximum atomic E-state index is 9.67. The first-order valence-corrected chi connectivity index (χ1v) is 4.69. The third kappa shape index (κ3) is 2.32. The van der Waals surface area contributed by atoms with Crippen LogP contribution in [0.2, 0.25) is 0 Å². The number of hydrogen-bond donors (Lipinski definition) is 3. The second-order valence-corrected chi connectivity index (χ2v) is 3.59. The van der Waals surface area contributed by atoms with Crippen molar-refractivity contribution in [3.8, 4) is 0 Å². The van der Waals surface area contributed by atoms with Gasteiger partial charge in [-0.2, -0.15) is 0 Å². The molecule has 3 nitrogen and oxygen atoms in total. The molecule has 0 aromatic heterocycles. The van der Waals surface area contributed by atoms with Gasteiger partial charge in [-0.25, -0.2) is 0 Å². The zero-order valence-corrected chi connectivity index (χ0v) is 8.57. The SMILES string of the molecule is Cc1ccc(C(O)C(O)CN)cc1C. The number of aliphatic hydroxyl groups is 2. The van der Waals surface area contributed by atoms with Crippen molar-refractivity contribution in [1.29, 1.82) is 0 Å². The lowest BCUT2D eigenvalue weighted by molar-refractivity contribution is 0.0243. The maximum absolute atomic E-state index is 9.67. The van der Waals surface area contributed by atoms with E-state index in [4.69, 9.17) is 5.73 Å². The second kappa shape index (κ2) is 4.55. The van der Waals surface area contributed by atoms with Gasteiger partial charge < -0.3 is 15.9 Å². The van der Waals surface area contributed by atoms with Crippen molar-refractivity contribution in [3.05, 3.63) is 34.9 Å². The minimum atomic E-state index is -0.892. The van der Waals surface area contributed by atoms with Crippen LogP contribution in [0.4, 0.5) is 0 Å². The molecule has 2 unspecified atom stereocenters. The lowest BCUT2D eigenvalue weighted by Gasteiger charge is -2.17. The van der Waals surface area contributed by atoms with E-state index < -0.39 is 12.2 Å². The van der Waals surface area contributed by atoms with Gasteiger partial charge in [0.1, 0.15) is 6.10 Å². The Labute approximate surface area is 84.2 Å². The molecule has 3 heteroatoms. The molecule has 0 heterocycles. The molecule has 0 radical (unpaired) electrons. The third-order valence-corrected chi connectivity index (χ3v) is 2.48. The first-order chi connectivity index (χ1) is 6.56. The average Bonchev–Trinajstić information content (AvgIpc) is 2.20. The Bertz CT molecular complexity index is 312. The van der Waals surface area contributed by atoms with Gasteiger partial charge in [-0.05, 0) is 30.5 Å². The molecule has 0 saturated carbocycles. The van der Waals surface area contributed by atoms with E-state index in [1.54, 1.807) is 0 Å². The highest BCUT2D eigenvalue weighted by Crippen LogP contribution is 2.19. The van der Waals surface area contributed by atoms with Gasteiger partial charge in [0.25, 0.3) is 0 Å². The van der Waals surface area contributed by atoms with Crippen molar-refractivity contribution >= 4 is 0 Å². The Balaban J connectivity index is 2.91. The number of nitrogens with two attached hydrogens (primary N) is 1. The molecule has 0 spiro atoms. The van der Waals surface area contributed by atoms with Crippen LogP contribution in [-0.4, -0.2) is 22.9 Å². The summed E-state index contributed by atoms with van der Waals surface area (Å²) >= 11 is 0. The van der Waals surface area contributed by atoms with Gasteiger partial charge in [-0.3, -0.25) is 0 Å². The highest BCUT2D eigenvalue weighted by Gasteiger charge is 2.16. The molecular weight excluding hydrogens is 178 g/mol. The van der Waals surface area contributed by atoms with Crippen LogP contribution in [-0.2, 0) is 0 Å². The normalized spacial score (nSPS) is 15.2. The molecule has 0 saturated heterocycles. The van der Waals surface area contributed by atoms with E-state index in [0.29, 0.717) is 5.56 Å². The molecule has 1 aromatic carbocycles. The lowest BCUT2D eigenvalue weighted by Crippen LogP contribution is -2.27. The smallest absolute Gasteiger partial charge is 0.106 e. The van der Waals surface area contributed by atoms with Gasteiger partial charge in [0, 0.05) is 6.54 Å². The number of aliphatic hydroxyl groups excluding tert-OH is 2. The summed E-state index contributed by atoms with van der Waals surface area (Å²) in [5, 5.41) is 19.0. The van der Waals surface area contributed by atoms with Crippen molar-refractivity contribution in [3.63, 3.8) is 0 Å². The fourth-order valence-electron chi connectivity index (χ4n) is 1.30. The van der Waals surface area contributed by atoms with E-state index in [1.165, 1.54) is 5.56 Å². The maximum Gasteiger partial charge on any atom is 0.106 e. The number of hydrogen-bond acceptors (Lipinski definition) is 3. The van der Waals surface area contributed by atoms with Crippen LogP contribution >= 0.6 is 0 Å².